The van der Waals surface area contributed by atoms with Crippen LogP contribution in [0, 0.1) is 0 Å². The third-order valence-corrected chi connectivity index (χ3v) is 4.64. The zero-order chi connectivity index (χ0) is 13.7. The van der Waals surface area contributed by atoms with E-state index >= 15 is 0 Å². The summed E-state index contributed by atoms with van der Waals surface area (Å²) in [6.45, 7) is 2.30. The predicted molar refractivity (Wildman–Crippen MR) is 84.4 cm³/mol. The molecule has 0 aliphatic heterocycles. The van der Waals surface area contributed by atoms with E-state index in [0.717, 1.165) is 5.75 Å². The lowest BCUT2D eigenvalue weighted by Crippen LogP contribution is -2.44. The molecule has 1 aliphatic carbocycles. The fourth-order valence-electron chi connectivity index (χ4n) is 2.79. The van der Waals surface area contributed by atoms with E-state index in [1.54, 1.807) is 7.11 Å². The molecule has 1 N–H and O–H groups in total. The third-order valence-electron chi connectivity index (χ3n) is 3.99. The van der Waals surface area contributed by atoms with Crippen molar-refractivity contribution in [1.29, 1.82) is 0 Å². The molecule has 0 radical (unpaired) electrons. The molecule has 0 aromatic heterocycles. The Morgan fingerprint density at radius 2 is 2.11 bits per heavy atom. The highest BCUT2D eigenvalue weighted by atomic mass is 32.2. The molecular weight excluding hydrogens is 254 g/mol. The molecule has 1 saturated carbocycles. The number of ether oxygens (including phenoxy) is 1. The second-order valence-electron chi connectivity index (χ2n) is 5.46. The molecule has 106 valence electrons. The molecule has 0 saturated heterocycles. The van der Waals surface area contributed by atoms with Gasteiger partial charge in [-0.1, -0.05) is 18.2 Å². The quantitative estimate of drug-likeness (QED) is 0.823. The van der Waals surface area contributed by atoms with Crippen LogP contribution in [0.1, 0.15) is 37.7 Å². The second-order valence-corrected chi connectivity index (χ2v) is 6.44. The Hall–Kier alpha value is -0.670. The highest BCUT2D eigenvalue weighted by Gasteiger charge is 2.32. The second kappa shape index (κ2) is 7.20. The summed E-state index contributed by atoms with van der Waals surface area (Å²) < 4.78 is 5.45. The van der Waals surface area contributed by atoms with Crippen molar-refractivity contribution in [3.63, 3.8) is 0 Å². The molecule has 1 fully saturated rings. The fraction of sp³-hybridized carbons (Fsp3) is 0.625. The molecule has 1 aromatic rings. The van der Waals surface area contributed by atoms with Crippen molar-refractivity contribution >= 4 is 11.8 Å². The Kier molecular flexibility index (Phi) is 5.59. The van der Waals surface area contributed by atoms with Gasteiger partial charge in [0.05, 0.1) is 7.11 Å². The molecule has 3 heteroatoms. The molecule has 0 heterocycles. The average molecular weight is 279 g/mol. The van der Waals surface area contributed by atoms with Crippen LogP contribution in [0.2, 0.25) is 0 Å². The number of hydrogen-bond donors (Lipinski definition) is 1. The molecular formula is C16H25NOS. The van der Waals surface area contributed by atoms with Gasteiger partial charge in [-0.15, -0.1) is 0 Å². The number of rotatable bonds is 7. The minimum atomic E-state index is 0.635. The van der Waals surface area contributed by atoms with E-state index in [1.807, 2.05) is 17.8 Å². The maximum Gasteiger partial charge on any atom is 0.122 e. The Labute approximate surface area is 121 Å². The minimum Gasteiger partial charge on any atom is -0.496 e. The molecule has 2 rings (SSSR count). The molecule has 2 nitrogen and oxygen atoms in total. The van der Waals surface area contributed by atoms with Crippen molar-refractivity contribution in [2.75, 3.05) is 19.1 Å². The zero-order valence-corrected chi connectivity index (χ0v) is 13.0. The van der Waals surface area contributed by atoms with Gasteiger partial charge in [-0.3, -0.25) is 0 Å². The SMILES string of the molecule is COc1ccccc1C1CC(NC(C)CCSC)C1. The Morgan fingerprint density at radius 1 is 1.37 bits per heavy atom. The van der Waals surface area contributed by atoms with Gasteiger partial charge >= 0.3 is 0 Å². The van der Waals surface area contributed by atoms with Crippen molar-refractivity contribution in [3.05, 3.63) is 29.8 Å². The molecule has 0 amide bonds. The number of para-hydroxylation sites is 1. The van der Waals surface area contributed by atoms with Crippen molar-refractivity contribution in [2.24, 2.45) is 0 Å². The molecule has 1 unspecified atom stereocenters. The number of hydrogen-bond acceptors (Lipinski definition) is 3. The summed E-state index contributed by atoms with van der Waals surface area (Å²) in [5, 5.41) is 3.73. The lowest BCUT2D eigenvalue weighted by Gasteiger charge is -2.38. The van der Waals surface area contributed by atoms with Gasteiger partial charge in [-0.05, 0) is 55.7 Å². The van der Waals surface area contributed by atoms with Crippen LogP contribution in [0.3, 0.4) is 0 Å². The predicted octanol–water partition coefficient (Wildman–Crippen LogP) is 3.67. The van der Waals surface area contributed by atoms with E-state index in [1.165, 1.54) is 30.6 Å². The van der Waals surface area contributed by atoms with Gasteiger partial charge in [0.2, 0.25) is 0 Å². The normalized spacial score (nSPS) is 23.7. The monoisotopic (exact) mass is 279 g/mol. The maximum absolute atomic E-state index is 5.45. The van der Waals surface area contributed by atoms with Crippen molar-refractivity contribution in [2.45, 2.75) is 44.2 Å². The average Bonchev–Trinajstić information content (AvgIpc) is 2.40. The van der Waals surface area contributed by atoms with Crippen molar-refractivity contribution < 1.29 is 4.74 Å². The Bertz CT molecular complexity index is 390. The Morgan fingerprint density at radius 3 is 2.79 bits per heavy atom. The summed E-state index contributed by atoms with van der Waals surface area (Å²) in [5.74, 6) is 2.96. The lowest BCUT2D eigenvalue weighted by atomic mass is 9.75. The van der Waals surface area contributed by atoms with E-state index in [9.17, 15) is 0 Å². The first-order valence-corrected chi connectivity index (χ1v) is 8.52. The molecule has 0 bridgehead atoms. The maximum atomic E-state index is 5.45. The summed E-state index contributed by atoms with van der Waals surface area (Å²) in [5.41, 5.74) is 1.37. The van der Waals surface area contributed by atoms with E-state index in [4.69, 9.17) is 4.74 Å². The van der Waals surface area contributed by atoms with Crippen LogP contribution < -0.4 is 10.1 Å². The van der Waals surface area contributed by atoms with Crippen LogP contribution in [0.4, 0.5) is 0 Å². The van der Waals surface area contributed by atoms with Crippen molar-refractivity contribution in [1.82, 2.24) is 5.32 Å². The first kappa shape index (κ1) is 14.7. The highest BCUT2D eigenvalue weighted by Crippen LogP contribution is 2.41. The van der Waals surface area contributed by atoms with Gasteiger partial charge in [-0.2, -0.15) is 11.8 Å². The zero-order valence-electron chi connectivity index (χ0n) is 12.2. The van der Waals surface area contributed by atoms with Gasteiger partial charge in [0.1, 0.15) is 5.75 Å². The minimum absolute atomic E-state index is 0.635. The van der Waals surface area contributed by atoms with Crippen LogP contribution in [-0.2, 0) is 0 Å². The van der Waals surface area contributed by atoms with Gasteiger partial charge in [-0.25, -0.2) is 0 Å². The number of benzene rings is 1. The third kappa shape index (κ3) is 3.90. The van der Waals surface area contributed by atoms with E-state index in [0.29, 0.717) is 18.0 Å². The van der Waals surface area contributed by atoms with E-state index in [-0.39, 0.29) is 0 Å². The topological polar surface area (TPSA) is 21.3 Å². The van der Waals surface area contributed by atoms with E-state index < -0.39 is 0 Å². The molecule has 1 aromatic carbocycles. The van der Waals surface area contributed by atoms with Crippen molar-refractivity contribution in [3.8, 4) is 5.75 Å². The van der Waals surface area contributed by atoms with Gasteiger partial charge < -0.3 is 10.1 Å². The summed E-state index contributed by atoms with van der Waals surface area (Å²) in [6, 6.07) is 9.75. The summed E-state index contributed by atoms with van der Waals surface area (Å²) in [6.07, 6.45) is 5.92. The van der Waals surface area contributed by atoms with Gasteiger partial charge in [0.15, 0.2) is 0 Å². The van der Waals surface area contributed by atoms with Gasteiger partial charge in [0, 0.05) is 12.1 Å². The van der Waals surface area contributed by atoms with Crippen LogP contribution >= 0.6 is 11.8 Å². The lowest BCUT2D eigenvalue weighted by molar-refractivity contribution is 0.262. The first-order valence-electron chi connectivity index (χ1n) is 7.12. The van der Waals surface area contributed by atoms with Crippen LogP contribution in [0.15, 0.2) is 24.3 Å². The largest absolute Gasteiger partial charge is 0.496 e. The van der Waals surface area contributed by atoms with Gasteiger partial charge in [0.25, 0.3) is 0 Å². The van der Waals surface area contributed by atoms with Crippen LogP contribution in [-0.4, -0.2) is 31.2 Å². The highest BCUT2D eigenvalue weighted by molar-refractivity contribution is 7.98. The summed E-state index contributed by atoms with van der Waals surface area (Å²) >= 11 is 1.93. The number of thioether (sulfide) groups is 1. The number of nitrogens with one attached hydrogen (secondary N) is 1. The number of methoxy groups -OCH3 is 1. The summed E-state index contributed by atoms with van der Waals surface area (Å²) in [7, 11) is 1.76. The molecule has 1 aliphatic rings. The molecule has 19 heavy (non-hydrogen) atoms. The Balaban J connectivity index is 1.79. The van der Waals surface area contributed by atoms with E-state index in [2.05, 4.69) is 36.7 Å². The standard InChI is InChI=1S/C16H25NOS/c1-12(8-9-19-3)17-14-10-13(11-14)15-6-4-5-7-16(15)18-2/h4-7,12-14,17H,8-11H2,1-3H3. The van der Waals surface area contributed by atoms with Crippen LogP contribution in [0.5, 0.6) is 5.75 Å². The van der Waals surface area contributed by atoms with Crippen LogP contribution in [0.25, 0.3) is 0 Å². The fourth-order valence-corrected chi connectivity index (χ4v) is 3.38. The first-order chi connectivity index (χ1) is 9.24. The molecule has 0 spiro atoms. The molecule has 1 atom stereocenters. The summed E-state index contributed by atoms with van der Waals surface area (Å²) in [4.78, 5) is 0. The smallest absolute Gasteiger partial charge is 0.122 e.